The van der Waals surface area contributed by atoms with Crippen LogP contribution in [-0.4, -0.2) is 35.5 Å². The number of hydrogen-bond acceptors (Lipinski definition) is 5. The number of ether oxygens (including phenoxy) is 1. The second-order valence-electron chi connectivity index (χ2n) is 4.10. The number of guanidine groups is 2. The molecular formula is C14H18N5O4+. The molecule has 0 radical (unpaired) electrons. The van der Waals surface area contributed by atoms with Gasteiger partial charge < -0.3 is 21.3 Å². The molecule has 9 nitrogen and oxygen atoms in total. The first-order valence-corrected chi connectivity index (χ1v) is 6.59. The van der Waals surface area contributed by atoms with Crippen LogP contribution >= 0.6 is 0 Å². The monoisotopic (exact) mass is 320 g/mol. The van der Waals surface area contributed by atoms with Gasteiger partial charge in [-0.3, -0.25) is 4.79 Å². The largest absolute Gasteiger partial charge is 0.505 e. The predicted octanol–water partition coefficient (Wildman–Crippen LogP) is -2.03. The van der Waals surface area contributed by atoms with Gasteiger partial charge in [0.05, 0.1) is 6.61 Å². The number of carbonyl (C=O) groups is 2. The summed E-state index contributed by atoms with van der Waals surface area (Å²) in [6.45, 7) is 1.86. The molecule has 1 aromatic rings. The van der Waals surface area contributed by atoms with Crippen LogP contribution in [0.3, 0.4) is 0 Å². The van der Waals surface area contributed by atoms with Crippen molar-refractivity contribution >= 4 is 29.5 Å². The third-order valence-electron chi connectivity index (χ3n) is 2.30. The number of rotatable bonds is 4. The van der Waals surface area contributed by atoms with Gasteiger partial charge in [0.15, 0.2) is 11.4 Å². The molecule has 1 amide bonds. The number of carbonyl (C=O) groups excluding carboxylic acids is 2. The Kier molecular flexibility index (Phi) is 6.79. The molecule has 1 aromatic carbocycles. The van der Waals surface area contributed by atoms with Crippen LogP contribution in [0.2, 0.25) is 0 Å². The molecule has 0 aliphatic rings. The zero-order chi connectivity index (χ0) is 17.2. The SMILES string of the molecule is CCOC(=O)/C=C/C(=O)N/C(N)=[NH+]/C(N)=Nc1ccccc1O. The normalized spacial score (nSPS) is 12.2. The highest BCUT2D eigenvalue weighted by Gasteiger charge is 2.06. The minimum atomic E-state index is -0.654. The molecule has 0 atom stereocenters. The van der Waals surface area contributed by atoms with Crippen LogP contribution in [0.15, 0.2) is 41.4 Å². The standard InChI is InChI=1S/C14H17N5O4/c1-2-23-12(22)8-7-11(21)18-14(16)19-13(15)17-9-5-3-4-6-10(9)20/h3-8,20H,2H2,1H3,(H5,15,16,17,18,19,21)/p+1/b8-7+. The van der Waals surface area contributed by atoms with Crippen molar-refractivity contribution in [1.82, 2.24) is 5.32 Å². The Labute approximate surface area is 132 Å². The Bertz CT molecular complexity index is 667. The van der Waals surface area contributed by atoms with E-state index in [4.69, 9.17) is 11.5 Å². The topological polar surface area (TPSA) is 154 Å². The fourth-order valence-corrected chi connectivity index (χ4v) is 1.39. The molecule has 0 aliphatic carbocycles. The van der Waals surface area contributed by atoms with Gasteiger partial charge in [-0.15, -0.1) is 4.99 Å². The van der Waals surface area contributed by atoms with Gasteiger partial charge in [0.1, 0.15) is 0 Å². The van der Waals surface area contributed by atoms with E-state index < -0.39 is 11.9 Å². The van der Waals surface area contributed by atoms with Gasteiger partial charge in [-0.1, -0.05) is 12.1 Å². The van der Waals surface area contributed by atoms with Gasteiger partial charge in [-0.2, -0.15) is 0 Å². The van der Waals surface area contributed by atoms with Crippen LogP contribution in [0, 0.1) is 0 Å². The zero-order valence-corrected chi connectivity index (χ0v) is 12.4. The Morgan fingerprint density at radius 1 is 1.35 bits per heavy atom. The van der Waals surface area contributed by atoms with Crippen molar-refractivity contribution in [1.29, 1.82) is 0 Å². The molecule has 0 saturated carbocycles. The van der Waals surface area contributed by atoms with E-state index >= 15 is 0 Å². The molecule has 9 heteroatoms. The van der Waals surface area contributed by atoms with E-state index in [1.807, 2.05) is 0 Å². The van der Waals surface area contributed by atoms with Crippen LogP contribution in [0.4, 0.5) is 5.69 Å². The van der Waals surface area contributed by atoms with Gasteiger partial charge in [0, 0.05) is 12.2 Å². The van der Waals surface area contributed by atoms with Gasteiger partial charge in [0.25, 0.3) is 11.9 Å². The summed E-state index contributed by atoms with van der Waals surface area (Å²) in [6, 6.07) is 6.29. The number of benzene rings is 1. The summed E-state index contributed by atoms with van der Waals surface area (Å²) >= 11 is 0. The lowest BCUT2D eigenvalue weighted by Crippen LogP contribution is -2.85. The van der Waals surface area contributed by atoms with Crippen LogP contribution in [-0.2, 0) is 14.3 Å². The lowest BCUT2D eigenvalue weighted by molar-refractivity contribution is -0.322. The first-order valence-electron chi connectivity index (χ1n) is 6.59. The Balaban J connectivity index is 2.68. The second kappa shape index (κ2) is 8.82. The molecular weight excluding hydrogens is 302 g/mol. The van der Waals surface area contributed by atoms with Crippen LogP contribution in [0.1, 0.15) is 6.92 Å². The molecule has 0 heterocycles. The van der Waals surface area contributed by atoms with Crippen LogP contribution in [0.25, 0.3) is 0 Å². The summed E-state index contributed by atoms with van der Waals surface area (Å²) < 4.78 is 4.62. The van der Waals surface area contributed by atoms with Crippen molar-refractivity contribution in [3.05, 3.63) is 36.4 Å². The summed E-state index contributed by atoms with van der Waals surface area (Å²) in [5.41, 5.74) is 11.4. The van der Waals surface area contributed by atoms with Crippen LogP contribution in [0.5, 0.6) is 5.75 Å². The number of hydrogen-bond donors (Lipinski definition) is 5. The van der Waals surface area contributed by atoms with E-state index in [0.717, 1.165) is 12.2 Å². The molecule has 7 N–H and O–H groups in total. The van der Waals surface area contributed by atoms with Gasteiger partial charge in [-0.25, -0.2) is 15.1 Å². The highest BCUT2D eigenvalue weighted by atomic mass is 16.5. The lowest BCUT2D eigenvalue weighted by Gasteiger charge is -1.98. The fourth-order valence-electron chi connectivity index (χ4n) is 1.39. The summed E-state index contributed by atoms with van der Waals surface area (Å²) in [5, 5.41) is 11.8. The summed E-state index contributed by atoms with van der Waals surface area (Å²) in [5.74, 6) is -1.69. The van der Waals surface area contributed by atoms with E-state index in [1.54, 1.807) is 25.1 Å². The Hall–Kier alpha value is -3.36. The van der Waals surface area contributed by atoms with Gasteiger partial charge in [0.2, 0.25) is 0 Å². The quantitative estimate of drug-likeness (QED) is 0.186. The number of phenols is 1. The molecule has 0 saturated heterocycles. The third-order valence-corrected chi connectivity index (χ3v) is 2.30. The van der Waals surface area contributed by atoms with E-state index in [0.29, 0.717) is 0 Å². The van der Waals surface area contributed by atoms with Gasteiger partial charge >= 0.3 is 11.9 Å². The highest BCUT2D eigenvalue weighted by Crippen LogP contribution is 2.24. The van der Waals surface area contributed by atoms with Crippen molar-refractivity contribution in [2.24, 2.45) is 16.5 Å². The third kappa shape index (κ3) is 6.76. The lowest BCUT2D eigenvalue weighted by atomic mass is 10.3. The predicted molar refractivity (Wildman–Crippen MR) is 83.5 cm³/mol. The first kappa shape index (κ1) is 17.7. The number of phenolic OH excluding ortho intramolecular Hbond substituents is 1. The van der Waals surface area contributed by atoms with E-state index in [2.05, 4.69) is 20.0 Å². The summed E-state index contributed by atoms with van der Waals surface area (Å²) in [6.07, 6.45) is 1.93. The maximum atomic E-state index is 11.5. The number of amides is 1. The number of nitrogens with two attached hydrogens (primary N) is 2. The number of para-hydroxylation sites is 2. The smallest absolute Gasteiger partial charge is 0.330 e. The number of nitrogens with one attached hydrogen (secondary N) is 2. The average molecular weight is 320 g/mol. The highest BCUT2D eigenvalue weighted by molar-refractivity contribution is 6.03. The first-order chi connectivity index (χ1) is 10.9. The minimum absolute atomic E-state index is 0.0581. The molecule has 0 aromatic heterocycles. The second-order valence-corrected chi connectivity index (χ2v) is 4.10. The van der Waals surface area contributed by atoms with Crippen molar-refractivity contribution in [2.45, 2.75) is 6.92 Å². The Morgan fingerprint density at radius 3 is 2.70 bits per heavy atom. The summed E-state index contributed by atoms with van der Waals surface area (Å²) in [4.78, 5) is 28.9. The molecule has 0 unspecified atom stereocenters. The van der Waals surface area contributed by atoms with Gasteiger partial charge in [-0.05, 0) is 19.1 Å². The molecule has 122 valence electrons. The van der Waals surface area contributed by atoms with Crippen LogP contribution < -0.4 is 21.8 Å². The van der Waals surface area contributed by atoms with Crippen molar-refractivity contribution < 1.29 is 24.4 Å². The van der Waals surface area contributed by atoms with Crippen molar-refractivity contribution in [2.75, 3.05) is 6.61 Å². The fraction of sp³-hybridized carbons (Fsp3) is 0.143. The maximum absolute atomic E-state index is 11.5. The number of aliphatic imine (C=N–C) groups is 1. The molecule has 23 heavy (non-hydrogen) atoms. The molecule has 0 bridgehead atoms. The molecule has 0 fully saturated rings. The summed E-state index contributed by atoms with van der Waals surface area (Å²) in [7, 11) is 0. The number of nitrogens with zero attached hydrogens (tertiary/aromatic N) is 1. The van der Waals surface area contributed by atoms with Crippen molar-refractivity contribution in [3.63, 3.8) is 0 Å². The molecule has 1 rings (SSSR count). The van der Waals surface area contributed by atoms with E-state index in [9.17, 15) is 14.7 Å². The average Bonchev–Trinajstić information content (AvgIpc) is 2.47. The molecule has 0 spiro atoms. The number of esters is 1. The van der Waals surface area contributed by atoms with Crippen molar-refractivity contribution in [3.8, 4) is 5.75 Å². The van der Waals surface area contributed by atoms with E-state index in [-0.39, 0.29) is 30.0 Å². The minimum Gasteiger partial charge on any atom is -0.505 e. The Morgan fingerprint density at radius 2 is 2.04 bits per heavy atom. The zero-order valence-electron chi connectivity index (χ0n) is 12.4. The number of aromatic hydroxyl groups is 1. The maximum Gasteiger partial charge on any atom is 0.330 e. The van der Waals surface area contributed by atoms with E-state index in [1.165, 1.54) is 6.07 Å². The molecule has 0 aliphatic heterocycles.